The first-order valence-electron chi connectivity index (χ1n) is 5.27. The van der Waals surface area contributed by atoms with E-state index in [1.54, 1.807) is 5.51 Å². The summed E-state index contributed by atoms with van der Waals surface area (Å²) < 4.78 is 10.2. The maximum atomic E-state index is 6.18. The van der Waals surface area contributed by atoms with E-state index in [1.165, 1.54) is 31.8 Å². The fraction of sp³-hybridized carbons (Fsp3) is 0.364. The van der Waals surface area contributed by atoms with Gasteiger partial charge in [-0.25, -0.2) is 9.97 Å². The summed E-state index contributed by atoms with van der Waals surface area (Å²) in [4.78, 5) is 13.6. The average molecular weight is 266 g/mol. The zero-order valence-electron chi connectivity index (χ0n) is 10.4. The highest BCUT2D eigenvalue weighted by atomic mass is 32.1. The molecule has 0 amide bonds. The Bertz CT molecular complexity index is 544. The van der Waals surface area contributed by atoms with Gasteiger partial charge in [-0.05, 0) is 6.92 Å². The van der Waals surface area contributed by atoms with E-state index in [9.17, 15) is 0 Å². The largest absolute Gasteiger partial charge is 0.480 e. The Hall–Kier alpha value is -1.73. The molecule has 0 aromatic carbocycles. The third kappa shape index (κ3) is 2.27. The Morgan fingerprint density at radius 2 is 2.06 bits per heavy atom. The molecule has 1 atom stereocenters. The van der Waals surface area contributed by atoms with Crippen molar-refractivity contribution >= 4 is 11.3 Å². The predicted octanol–water partition coefficient (Wildman–Crippen LogP) is 1.31. The Morgan fingerprint density at radius 1 is 1.28 bits per heavy atom. The number of methoxy groups -OCH3 is 2. The normalized spacial score (nSPS) is 12.2. The van der Waals surface area contributed by atoms with Crippen LogP contribution >= 0.6 is 11.3 Å². The molecule has 6 nitrogen and oxygen atoms in total. The van der Waals surface area contributed by atoms with E-state index in [0.29, 0.717) is 17.5 Å². The van der Waals surface area contributed by atoms with Gasteiger partial charge < -0.3 is 15.2 Å². The van der Waals surface area contributed by atoms with Crippen molar-refractivity contribution in [3.8, 4) is 11.8 Å². The van der Waals surface area contributed by atoms with Gasteiger partial charge in [0.25, 0.3) is 0 Å². The molecule has 2 aromatic heterocycles. The van der Waals surface area contributed by atoms with E-state index in [1.807, 2.05) is 6.92 Å². The number of aryl methyl sites for hydroxylation is 1. The van der Waals surface area contributed by atoms with Gasteiger partial charge in [0.05, 0.1) is 42.5 Å². The zero-order valence-corrected chi connectivity index (χ0v) is 11.2. The van der Waals surface area contributed by atoms with Crippen LogP contribution in [0.15, 0.2) is 11.7 Å². The molecule has 0 saturated carbocycles. The van der Waals surface area contributed by atoms with Gasteiger partial charge in [0.1, 0.15) is 5.69 Å². The average Bonchev–Trinajstić information content (AvgIpc) is 2.83. The van der Waals surface area contributed by atoms with Gasteiger partial charge in [0.15, 0.2) is 0 Å². The zero-order chi connectivity index (χ0) is 13.1. The van der Waals surface area contributed by atoms with Crippen molar-refractivity contribution in [2.24, 2.45) is 5.73 Å². The minimum absolute atomic E-state index is 0.370. The molecule has 2 rings (SSSR count). The molecule has 2 heterocycles. The molecule has 0 saturated heterocycles. The summed E-state index contributed by atoms with van der Waals surface area (Å²) in [6, 6.07) is -0.397. The van der Waals surface area contributed by atoms with Gasteiger partial charge in [0, 0.05) is 0 Å². The minimum Gasteiger partial charge on any atom is -0.480 e. The molecule has 0 aliphatic carbocycles. The van der Waals surface area contributed by atoms with Gasteiger partial charge in [-0.15, -0.1) is 11.3 Å². The van der Waals surface area contributed by atoms with Gasteiger partial charge in [-0.3, -0.25) is 0 Å². The van der Waals surface area contributed by atoms with E-state index in [0.717, 1.165) is 10.6 Å². The van der Waals surface area contributed by atoms with Crippen LogP contribution < -0.4 is 15.2 Å². The highest BCUT2D eigenvalue weighted by Gasteiger charge is 2.21. The van der Waals surface area contributed by atoms with E-state index in [4.69, 9.17) is 15.2 Å². The number of aromatic nitrogens is 3. The summed E-state index contributed by atoms with van der Waals surface area (Å²) in [5, 5.41) is 0. The molecule has 2 aromatic rings. The standard InChI is InChI=1S/C11H14N4O2S/c1-6-10(18-5-14-6)8(12)9-11(17-3)15-7(16-2)4-13-9/h4-5,8H,12H2,1-3H3. The molecular weight excluding hydrogens is 252 g/mol. The monoisotopic (exact) mass is 266 g/mol. The van der Waals surface area contributed by atoms with E-state index >= 15 is 0 Å². The minimum atomic E-state index is -0.397. The maximum absolute atomic E-state index is 6.18. The van der Waals surface area contributed by atoms with Crippen LogP contribution in [0.2, 0.25) is 0 Å². The van der Waals surface area contributed by atoms with Crippen molar-refractivity contribution in [1.82, 2.24) is 15.0 Å². The van der Waals surface area contributed by atoms with Crippen LogP contribution in [0.3, 0.4) is 0 Å². The summed E-state index contributed by atoms with van der Waals surface area (Å²) in [6.45, 7) is 1.91. The first-order valence-corrected chi connectivity index (χ1v) is 6.15. The van der Waals surface area contributed by atoms with Gasteiger partial charge in [-0.2, -0.15) is 4.98 Å². The molecule has 2 N–H and O–H groups in total. The lowest BCUT2D eigenvalue weighted by molar-refractivity contribution is 0.355. The topological polar surface area (TPSA) is 83.2 Å². The number of nitrogens with zero attached hydrogens (tertiary/aromatic N) is 3. The SMILES string of the molecule is COc1cnc(C(N)c2scnc2C)c(OC)n1. The number of thiazole rings is 1. The Morgan fingerprint density at radius 3 is 2.61 bits per heavy atom. The summed E-state index contributed by atoms with van der Waals surface area (Å²) >= 11 is 1.49. The number of hydrogen-bond donors (Lipinski definition) is 1. The number of rotatable bonds is 4. The van der Waals surface area contributed by atoms with Gasteiger partial charge in [0.2, 0.25) is 11.8 Å². The molecule has 96 valence electrons. The Balaban J connectivity index is 2.41. The van der Waals surface area contributed by atoms with E-state index in [2.05, 4.69) is 15.0 Å². The van der Waals surface area contributed by atoms with Crippen molar-refractivity contribution in [3.05, 3.63) is 28.0 Å². The summed E-state index contributed by atoms with van der Waals surface area (Å²) in [7, 11) is 3.05. The second kappa shape index (κ2) is 5.28. The molecule has 0 aliphatic heterocycles. The first kappa shape index (κ1) is 12.7. The molecule has 0 bridgehead atoms. The Kier molecular flexibility index (Phi) is 3.73. The van der Waals surface area contributed by atoms with Crippen molar-refractivity contribution in [1.29, 1.82) is 0 Å². The quantitative estimate of drug-likeness (QED) is 0.898. The second-order valence-electron chi connectivity index (χ2n) is 3.59. The molecule has 1 unspecified atom stereocenters. The summed E-state index contributed by atoms with van der Waals surface area (Å²) in [6.07, 6.45) is 1.52. The van der Waals surface area contributed by atoms with Gasteiger partial charge in [-0.1, -0.05) is 0 Å². The molecule has 0 radical (unpaired) electrons. The lowest BCUT2D eigenvalue weighted by Crippen LogP contribution is -2.15. The molecular formula is C11H14N4O2S. The lowest BCUT2D eigenvalue weighted by atomic mass is 10.1. The van der Waals surface area contributed by atoms with Crippen molar-refractivity contribution in [3.63, 3.8) is 0 Å². The van der Waals surface area contributed by atoms with E-state index in [-0.39, 0.29) is 0 Å². The third-order valence-electron chi connectivity index (χ3n) is 2.51. The second-order valence-corrected chi connectivity index (χ2v) is 4.47. The van der Waals surface area contributed by atoms with Crippen LogP contribution in [0, 0.1) is 6.92 Å². The molecule has 7 heteroatoms. The van der Waals surface area contributed by atoms with Crippen LogP contribution in [0.4, 0.5) is 0 Å². The molecule has 18 heavy (non-hydrogen) atoms. The summed E-state index contributed by atoms with van der Waals surface area (Å²) in [5.41, 5.74) is 9.40. The van der Waals surface area contributed by atoms with Gasteiger partial charge >= 0.3 is 0 Å². The first-order chi connectivity index (χ1) is 8.67. The molecule has 0 fully saturated rings. The highest BCUT2D eigenvalue weighted by Crippen LogP contribution is 2.30. The fourth-order valence-corrected chi connectivity index (χ4v) is 2.37. The van der Waals surface area contributed by atoms with Crippen molar-refractivity contribution in [2.75, 3.05) is 14.2 Å². The maximum Gasteiger partial charge on any atom is 0.240 e. The van der Waals surface area contributed by atoms with Crippen LogP contribution in [0.1, 0.15) is 22.3 Å². The number of ether oxygens (including phenoxy) is 2. The van der Waals surface area contributed by atoms with Crippen LogP contribution in [-0.2, 0) is 0 Å². The van der Waals surface area contributed by atoms with Crippen LogP contribution in [0.5, 0.6) is 11.8 Å². The number of hydrogen-bond acceptors (Lipinski definition) is 7. The van der Waals surface area contributed by atoms with Crippen molar-refractivity contribution < 1.29 is 9.47 Å². The van der Waals surface area contributed by atoms with E-state index < -0.39 is 6.04 Å². The molecule has 0 aliphatic rings. The summed E-state index contributed by atoms with van der Waals surface area (Å²) in [5.74, 6) is 0.762. The van der Waals surface area contributed by atoms with Crippen LogP contribution in [0.25, 0.3) is 0 Å². The highest BCUT2D eigenvalue weighted by molar-refractivity contribution is 7.09. The predicted molar refractivity (Wildman–Crippen MR) is 68.0 cm³/mol. The Labute approximate surface area is 109 Å². The fourth-order valence-electron chi connectivity index (χ4n) is 1.56. The third-order valence-corrected chi connectivity index (χ3v) is 3.52. The molecule has 0 spiro atoms. The van der Waals surface area contributed by atoms with Crippen molar-refractivity contribution in [2.45, 2.75) is 13.0 Å². The van der Waals surface area contributed by atoms with Crippen LogP contribution in [-0.4, -0.2) is 29.2 Å². The smallest absolute Gasteiger partial charge is 0.240 e. The number of nitrogens with two attached hydrogens (primary N) is 1. The lowest BCUT2D eigenvalue weighted by Gasteiger charge is -2.13.